The van der Waals surface area contributed by atoms with Gasteiger partial charge in [-0.3, -0.25) is 23.4 Å². The Balaban J connectivity index is 1.39. The van der Waals surface area contributed by atoms with Gasteiger partial charge in [0, 0.05) is 16.0 Å². The number of aryl methyl sites for hydroxylation is 1. The first-order valence-electron chi connectivity index (χ1n) is 14.3. The number of aromatic nitrogens is 4. The van der Waals surface area contributed by atoms with Crippen molar-refractivity contribution < 1.29 is 19.2 Å². The fraction of sp³-hybridized carbons (Fsp3) is 0.182. The Hall–Kier alpha value is -5.69. The van der Waals surface area contributed by atoms with Crippen LogP contribution in [0.5, 0.6) is 11.5 Å². The number of hydrogen-bond donors (Lipinski definition) is 2. The third-order valence-electron chi connectivity index (χ3n) is 7.67. The number of thiophene rings is 1. The maximum absolute atomic E-state index is 14.0. The summed E-state index contributed by atoms with van der Waals surface area (Å²) in [5.41, 5.74) is 2.80. The summed E-state index contributed by atoms with van der Waals surface area (Å²) in [6, 6.07) is 21.9. The van der Waals surface area contributed by atoms with Gasteiger partial charge in [0.1, 0.15) is 10.5 Å². The van der Waals surface area contributed by atoms with Gasteiger partial charge in [-0.2, -0.15) is 0 Å². The molecule has 0 aliphatic carbocycles. The van der Waals surface area contributed by atoms with E-state index in [1.165, 1.54) is 25.6 Å². The van der Waals surface area contributed by atoms with Crippen molar-refractivity contribution in [1.29, 1.82) is 0 Å². The van der Waals surface area contributed by atoms with E-state index in [9.17, 15) is 19.6 Å². The minimum atomic E-state index is -0.640. The highest BCUT2D eigenvalue weighted by molar-refractivity contribution is 7.18. The van der Waals surface area contributed by atoms with Crippen molar-refractivity contribution in [2.75, 3.05) is 14.2 Å². The van der Waals surface area contributed by atoms with Crippen LogP contribution in [-0.2, 0) is 19.5 Å². The summed E-state index contributed by atoms with van der Waals surface area (Å²) in [6.07, 6.45) is 0.701. The van der Waals surface area contributed by atoms with Crippen LogP contribution in [0.15, 0.2) is 96.9 Å². The number of hydrogen-bond acceptors (Lipinski definition) is 10. The molecule has 0 bridgehead atoms. The summed E-state index contributed by atoms with van der Waals surface area (Å²) in [6.45, 7) is 1.92. The number of nitrogens with one attached hydrogen (secondary N) is 1. The second kappa shape index (κ2) is 12.7. The summed E-state index contributed by atoms with van der Waals surface area (Å²) in [5.74, 6) is 0.577. The average molecular weight is 640 g/mol. The van der Waals surface area contributed by atoms with E-state index in [1.54, 1.807) is 22.8 Å². The number of ether oxygens (including phenoxy) is 2. The molecule has 0 spiro atoms. The monoisotopic (exact) mass is 639 g/mol. The number of oxime groups is 1. The van der Waals surface area contributed by atoms with E-state index in [0.717, 1.165) is 26.1 Å². The molecule has 234 valence electrons. The summed E-state index contributed by atoms with van der Waals surface area (Å²) in [4.78, 5) is 43.4. The maximum atomic E-state index is 14.0. The quantitative estimate of drug-likeness (QED) is 0.124. The Morgan fingerprint density at radius 3 is 2.35 bits per heavy atom. The zero-order valence-corrected chi connectivity index (χ0v) is 26.0. The lowest BCUT2D eigenvalue weighted by molar-refractivity contribution is 0.317. The van der Waals surface area contributed by atoms with Gasteiger partial charge < -0.3 is 14.7 Å². The SMILES string of the molecule is CCc1cc2c(=O)n(C/C(=N\O)c3ccc(OC)c(OC)c3)c(=O)n(Cc3ccc(-c4ccccc4-c4noc(=O)[nH]4)cc3)c2s1. The molecule has 0 fully saturated rings. The summed E-state index contributed by atoms with van der Waals surface area (Å²) < 4.78 is 18.0. The lowest BCUT2D eigenvalue weighted by Gasteiger charge is -2.14. The van der Waals surface area contributed by atoms with E-state index in [0.29, 0.717) is 45.1 Å². The molecule has 0 saturated carbocycles. The van der Waals surface area contributed by atoms with Crippen LogP contribution in [0, 0.1) is 0 Å². The van der Waals surface area contributed by atoms with E-state index in [1.807, 2.05) is 61.5 Å². The van der Waals surface area contributed by atoms with Gasteiger partial charge >= 0.3 is 11.4 Å². The topological polar surface area (TPSA) is 154 Å². The Morgan fingerprint density at radius 2 is 1.70 bits per heavy atom. The van der Waals surface area contributed by atoms with Gasteiger partial charge in [-0.15, -0.1) is 11.3 Å². The predicted octanol–water partition coefficient (Wildman–Crippen LogP) is 4.74. The van der Waals surface area contributed by atoms with Crippen molar-refractivity contribution in [2.24, 2.45) is 5.16 Å². The van der Waals surface area contributed by atoms with Crippen molar-refractivity contribution in [3.05, 3.63) is 120 Å². The van der Waals surface area contributed by atoms with Crippen LogP contribution in [0.2, 0.25) is 0 Å². The number of H-pyrrole nitrogens is 1. The lowest BCUT2D eigenvalue weighted by atomic mass is 9.98. The molecular formula is C33H29N5O7S. The molecule has 0 radical (unpaired) electrons. The molecule has 12 nitrogen and oxygen atoms in total. The molecule has 6 aromatic rings. The summed E-state index contributed by atoms with van der Waals surface area (Å²) in [7, 11) is 3.00. The van der Waals surface area contributed by atoms with Gasteiger partial charge in [0.05, 0.1) is 32.7 Å². The molecule has 13 heteroatoms. The fourth-order valence-electron chi connectivity index (χ4n) is 5.31. The van der Waals surface area contributed by atoms with Crippen LogP contribution < -0.4 is 26.5 Å². The van der Waals surface area contributed by atoms with E-state index < -0.39 is 17.0 Å². The van der Waals surface area contributed by atoms with Crippen molar-refractivity contribution in [3.63, 3.8) is 0 Å². The van der Waals surface area contributed by atoms with Crippen LogP contribution in [0.3, 0.4) is 0 Å². The van der Waals surface area contributed by atoms with Crippen LogP contribution in [-0.4, -0.2) is 44.4 Å². The Morgan fingerprint density at radius 1 is 0.957 bits per heavy atom. The number of rotatable bonds is 10. The number of benzene rings is 3. The molecule has 0 aliphatic heterocycles. The summed E-state index contributed by atoms with van der Waals surface area (Å²) in [5, 5.41) is 17.6. The largest absolute Gasteiger partial charge is 0.493 e. The second-order valence-electron chi connectivity index (χ2n) is 10.3. The van der Waals surface area contributed by atoms with Crippen LogP contribution in [0.25, 0.3) is 32.7 Å². The highest BCUT2D eigenvalue weighted by atomic mass is 32.1. The van der Waals surface area contributed by atoms with Crippen LogP contribution in [0.1, 0.15) is 22.9 Å². The highest BCUT2D eigenvalue weighted by Crippen LogP contribution is 2.31. The molecule has 0 aliphatic rings. The van der Waals surface area contributed by atoms with E-state index in [2.05, 4.69) is 15.3 Å². The molecule has 6 rings (SSSR count). The number of fused-ring (bicyclic) bond motifs is 1. The zero-order valence-electron chi connectivity index (χ0n) is 25.1. The molecule has 0 saturated heterocycles. The van der Waals surface area contributed by atoms with Gasteiger partial charge in [0.2, 0.25) is 0 Å². The third-order valence-corrected chi connectivity index (χ3v) is 8.97. The van der Waals surface area contributed by atoms with Crippen LogP contribution in [0.4, 0.5) is 0 Å². The standard InChI is InChI=1S/C33H29N5O7S/c1-4-22-16-25-30(39)37(18-26(35-42)21-13-14-27(43-2)28(15-21)44-3)33(41)38(31(25)46-22)17-19-9-11-20(12-10-19)23-7-5-6-8-24(23)29-34-32(40)45-36-29/h5-16,42H,4,17-18H2,1-3H3,(H,34,36,40)/b35-26+. The predicted molar refractivity (Wildman–Crippen MR) is 175 cm³/mol. The van der Waals surface area contributed by atoms with Crippen molar-refractivity contribution in [1.82, 2.24) is 19.3 Å². The smallest absolute Gasteiger partial charge is 0.439 e. The number of aromatic amines is 1. The summed E-state index contributed by atoms with van der Waals surface area (Å²) >= 11 is 1.41. The average Bonchev–Trinajstić information content (AvgIpc) is 3.73. The lowest BCUT2D eigenvalue weighted by Crippen LogP contribution is -2.41. The second-order valence-corrected chi connectivity index (χ2v) is 11.5. The maximum Gasteiger partial charge on any atom is 0.439 e. The van der Waals surface area contributed by atoms with E-state index in [-0.39, 0.29) is 18.8 Å². The molecule has 0 atom stereocenters. The first kappa shape index (κ1) is 30.3. The van der Waals surface area contributed by atoms with Crippen molar-refractivity contribution in [2.45, 2.75) is 26.4 Å². The minimum Gasteiger partial charge on any atom is -0.493 e. The zero-order chi connectivity index (χ0) is 32.4. The molecule has 3 heterocycles. The fourth-order valence-corrected chi connectivity index (χ4v) is 6.39. The Labute approximate surface area is 265 Å². The van der Waals surface area contributed by atoms with Crippen molar-refractivity contribution >= 4 is 27.3 Å². The highest BCUT2D eigenvalue weighted by Gasteiger charge is 2.20. The molecule has 2 N–H and O–H groups in total. The Bertz CT molecular complexity index is 2260. The molecule has 46 heavy (non-hydrogen) atoms. The molecule has 0 unspecified atom stereocenters. The van der Waals surface area contributed by atoms with Gasteiger partial charge in [0.25, 0.3) is 5.56 Å². The van der Waals surface area contributed by atoms with Gasteiger partial charge in [0.15, 0.2) is 17.3 Å². The van der Waals surface area contributed by atoms with Gasteiger partial charge in [-0.05, 0) is 47.4 Å². The molecule has 3 aromatic heterocycles. The van der Waals surface area contributed by atoms with Gasteiger partial charge in [-0.1, -0.05) is 65.8 Å². The number of methoxy groups -OCH3 is 2. The molecule has 0 amide bonds. The Kier molecular flexibility index (Phi) is 8.40. The first-order valence-corrected chi connectivity index (χ1v) is 15.1. The van der Waals surface area contributed by atoms with Crippen molar-refractivity contribution in [3.8, 4) is 34.0 Å². The molecular weight excluding hydrogens is 610 g/mol. The molecule has 3 aromatic carbocycles. The third kappa shape index (κ3) is 5.63. The first-order chi connectivity index (χ1) is 22.3. The minimum absolute atomic E-state index is 0.105. The number of nitrogens with zero attached hydrogens (tertiary/aromatic N) is 4. The van der Waals surface area contributed by atoms with Crippen LogP contribution >= 0.6 is 11.3 Å². The van der Waals surface area contributed by atoms with E-state index in [4.69, 9.17) is 14.0 Å². The normalized spacial score (nSPS) is 11.7. The van der Waals surface area contributed by atoms with Gasteiger partial charge in [-0.25, -0.2) is 9.59 Å². The van der Waals surface area contributed by atoms with E-state index >= 15 is 0 Å².